The van der Waals surface area contributed by atoms with Crippen LogP contribution >= 0.6 is 11.3 Å². The summed E-state index contributed by atoms with van der Waals surface area (Å²) in [6.07, 6.45) is 4.03. The molecule has 0 atom stereocenters. The van der Waals surface area contributed by atoms with Crippen molar-refractivity contribution in [2.24, 2.45) is 0 Å². The summed E-state index contributed by atoms with van der Waals surface area (Å²) in [5, 5.41) is 10.8. The number of carbonyl (C=O) groups excluding carboxylic acids is 1. The molecule has 0 aliphatic rings. The lowest BCUT2D eigenvalue weighted by Crippen LogP contribution is -2.25. The third-order valence-corrected chi connectivity index (χ3v) is 6.18. The molecule has 174 valence electrons. The van der Waals surface area contributed by atoms with Crippen molar-refractivity contribution in [1.82, 2.24) is 25.5 Å². The van der Waals surface area contributed by atoms with Crippen LogP contribution in [0.5, 0.6) is 5.75 Å². The van der Waals surface area contributed by atoms with E-state index in [4.69, 9.17) is 9.72 Å². The minimum absolute atomic E-state index is 0.194. The fraction of sp³-hybridized carbons (Fsp3) is 0.115. The zero-order chi connectivity index (χ0) is 24.0. The minimum Gasteiger partial charge on any atom is -0.489 e. The number of ether oxygens (including phenoxy) is 1. The van der Waals surface area contributed by atoms with Crippen molar-refractivity contribution in [3.63, 3.8) is 0 Å². The first-order valence-electron chi connectivity index (χ1n) is 11.0. The topological polar surface area (TPSA) is 110 Å². The summed E-state index contributed by atoms with van der Waals surface area (Å²) in [7, 11) is 0. The summed E-state index contributed by atoms with van der Waals surface area (Å²) >= 11 is 1.04. The number of aromatic nitrogens is 4. The van der Waals surface area contributed by atoms with Gasteiger partial charge in [-0.15, -0.1) is 0 Å². The Balaban J connectivity index is 1.25. The molecular weight excluding hydrogens is 462 g/mol. The second-order valence-electron chi connectivity index (χ2n) is 7.75. The van der Waals surface area contributed by atoms with Crippen molar-refractivity contribution >= 4 is 28.1 Å². The summed E-state index contributed by atoms with van der Waals surface area (Å²) in [6, 6.07) is 20.9. The van der Waals surface area contributed by atoms with Crippen LogP contribution in [0.1, 0.15) is 20.9 Å². The molecule has 0 aliphatic heterocycles. The van der Waals surface area contributed by atoms with Crippen molar-refractivity contribution in [3.8, 4) is 17.0 Å². The molecule has 0 fully saturated rings. The molecule has 0 unspecified atom stereocenters. The van der Waals surface area contributed by atoms with Gasteiger partial charge in [-0.3, -0.25) is 14.6 Å². The molecule has 0 radical (unpaired) electrons. The molecule has 9 heteroatoms. The van der Waals surface area contributed by atoms with E-state index >= 15 is 0 Å². The SMILES string of the molecule is O=C(NCCc1n[nH]c(=O)s1)c1ccc(OCc2cc(-c3cccnc3)nc3ccccc23)cc1. The second-order valence-corrected chi connectivity index (χ2v) is 8.80. The van der Waals surface area contributed by atoms with Gasteiger partial charge in [-0.1, -0.05) is 29.5 Å². The molecule has 8 nitrogen and oxygen atoms in total. The first-order chi connectivity index (χ1) is 17.2. The molecule has 2 aromatic carbocycles. The van der Waals surface area contributed by atoms with E-state index in [1.165, 1.54) is 0 Å². The van der Waals surface area contributed by atoms with Crippen LogP contribution in [0.2, 0.25) is 0 Å². The van der Waals surface area contributed by atoms with E-state index in [9.17, 15) is 9.59 Å². The highest BCUT2D eigenvalue weighted by Gasteiger charge is 2.10. The maximum Gasteiger partial charge on any atom is 0.322 e. The van der Waals surface area contributed by atoms with Gasteiger partial charge >= 0.3 is 4.87 Å². The normalized spacial score (nSPS) is 10.9. The third-order valence-electron chi connectivity index (χ3n) is 5.38. The lowest BCUT2D eigenvalue weighted by molar-refractivity contribution is 0.0954. The Morgan fingerprint density at radius 1 is 1.06 bits per heavy atom. The molecule has 5 rings (SSSR count). The molecular formula is C26H21N5O3S. The van der Waals surface area contributed by atoms with Crippen LogP contribution < -0.4 is 14.9 Å². The molecule has 35 heavy (non-hydrogen) atoms. The third kappa shape index (κ3) is 5.42. The fourth-order valence-corrected chi connectivity index (χ4v) is 4.25. The van der Waals surface area contributed by atoms with Crippen LogP contribution in [0.3, 0.4) is 0 Å². The lowest BCUT2D eigenvalue weighted by Gasteiger charge is -2.12. The van der Waals surface area contributed by atoms with E-state index in [1.54, 1.807) is 36.7 Å². The van der Waals surface area contributed by atoms with Gasteiger partial charge in [0.25, 0.3) is 5.91 Å². The summed E-state index contributed by atoms with van der Waals surface area (Å²) in [6.45, 7) is 0.751. The summed E-state index contributed by atoms with van der Waals surface area (Å²) in [5.41, 5.74) is 4.21. The standard InChI is InChI=1S/C26H21N5O3S/c32-25(28-13-11-24-30-31-26(33)35-24)17-7-9-20(10-8-17)34-16-19-14-23(18-4-3-12-27-15-18)29-22-6-2-1-5-21(19)22/h1-10,12,14-15H,11,13,16H2,(H,28,32)(H,31,33). The second kappa shape index (κ2) is 10.3. The minimum atomic E-state index is -0.199. The van der Waals surface area contributed by atoms with Crippen molar-refractivity contribution in [3.05, 3.63) is 105 Å². The van der Waals surface area contributed by atoms with Crippen LogP contribution in [0.15, 0.2) is 83.9 Å². The van der Waals surface area contributed by atoms with E-state index in [0.29, 0.717) is 35.9 Å². The fourth-order valence-electron chi connectivity index (χ4n) is 3.65. The zero-order valence-electron chi connectivity index (χ0n) is 18.6. The number of benzene rings is 2. The number of pyridine rings is 2. The molecule has 0 saturated heterocycles. The maximum absolute atomic E-state index is 12.4. The Hall–Kier alpha value is -4.37. The van der Waals surface area contributed by atoms with Crippen LogP contribution in [0.4, 0.5) is 0 Å². The van der Waals surface area contributed by atoms with E-state index in [0.717, 1.165) is 39.1 Å². The predicted molar refractivity (Wildman–Crippen MR) is 135 cm³/mol. The summed E-state index contributed by atoms with van der Waals surface area (Å²) in [4.78, 5) is 32.3. The molecule has 0 aliphatic carbocycles. The molecule has 0 spiro atoms. The van der Waals surface area contributed by atoms with Gasteiger partial charge in [0, 0.05) is 47.4 Å². The number of nitrogens with one attached hydrogen (secondary N) is 2. The number of para-hydroxylation sites is 1. The van der Waals surface area contributed by atoms with Gasteiger partial charge in [0.1, 0.15) is 17.4 Å². The Labute approximate surface area is 204 Å². The van der Waals surface area contributed by atoms with Gasteiger partial charge in [0.15, 0.2) is 0 Å². The number of aromatic amines is 1. The first kappa shape index (κ1) is 22.4. The highest BCUT2D eigenvalue weighted by atomic mass is 32.1. The highest BCUT2D eigenvalue weighted by molar-refractivity contribution is 7.08. The summed E-state index contributed by atoms with van der Waals surface area (Å²) in [5.74, 6) is 0.465. The van der Waals surface area contributed by atoms with Gasteiger partial charge in [0.05, 0.1) is 11.2 Å². The molecule has 5 aromatic rings. The highest BCUT2D eigenvalue weighted by Crippen LogP contribution is 2.25. The number of H-pyrrole nitrogens is 1. The number of amides is 1. The van der Waals surface area contributed by atoms with Crippen molar-refractivity contribution in [2.75, 3.05) is 6.54 Å². The van der Waals surface area contributed by atoms with Gasteiger partial charge in [0.2, 0.25) is 0 Å². The zero-order valence-corrected chi connectivity index (χ0v) is 19.4. The molecule has 0 bridgehead atoms. The van der Waals surface area contributed by atoms with Gasteiger partial charge < -0.3 is 10.1 Å². The van der Waals surface area contributed by atoms with Crippen LogP contribution in [-0.4, -0.2) is 32.6 Å². The molecule has 1 amide bonds. The Morgan fingerprint density at radius 3 is 2.69 bits per heavy atom. The average molecular weight is 484 g/mol. The average Bonchev–Trinajstić information content (AvgIpc) is 3.32. The first-order valence-corrected chi connectivity index (χ1v) is 11.8. The molecule has 0 saturated carbocycles. The quantitative estimate of drug-likeness (QED) is 0.345. The van der Waals surface area contributed by atoms with Crippen molar-refractivity contribution in [1.29, 1.82) is 0 Å². The smallest absolute Gasteiger partial charge is 0.322 e. The van der Waals surface area contributed by atoms with Crippen LogP contribution in [0.25, 0.3) is 22.2 Å². The lowest BCUT2D eigenvalue weighted by atomic mass is 10.1. The largest absolute Gasteiger partial charge is 0.489 e. The predicted octanol–water partition coefficient (Wildman–Crippen LogP) is 3.99. The van der Waals surface area contributed by atoms with Crippen molar-refractivity contribution < 1.29 is 9.53 Å². The Bertz CT molecular complexity index is 1510. The number of hydrogen-bond acceptors (Lipinski definition) is 7. The number of carbonyl (C=O) groups is 1. The molecule has 3 heterocycles. The van der Waals surface area contributed by atoms with Crippen LogP contribution in [0, 0.1) is 0 Å². The monoisotopic (exact) mass is 483 g/mol. The molecule has 2 N–H and O–H groups in total. The van der Waals surface area contributed by atoms with E-state index < -0.39 is 0 Å². The number of hydrogen-bond donors (Lipinski definition) is 2. The number of rotatable bonds is 8. The number of nitrogens with zero attached hydrogens (tertiary/aromatic N) is 3. The summed E-state index contributed by atoms with van der Waals surface area (Å²) < 4.78 is 6.05. The van der Waals surface area contributed by atoms with E-state index in [1.807, 2.05) is 42.5 Å². The van der Waals surface area contributed by atoms with E-state index in [-0.39, 0.29) is 10.8 Å². The van der Waals surface area contributed by atoms with Crippen molar-refractivity contribution in [2.45, 2.75) is 13.0 Å². The van der Waals surface area contributed by atoms with Gasteiger partial charge in [-0.05, 0) is 48.5 Å². The van der Waals surface area contributed by atoms with Gasteiger partial charge in [-0.2, -0.15) is 5.10 Å². The Morgan fingerprint density at radius 2 is 1.91 bits per heavy atom. The number of fused-ring (bicyclic) bond motifs is 1. The van der Waals surface area contributed by atoms with E-state index in [2.05, 4.69) is 20.5 Å². The molecule has 3 aromatic heterocycles. The van der Waals surface area contributed by atoms with Gasteiger partial charge in [-0.25, -0.2) is 10.1 Å². The maximum atomic E-state index is 12.4. The Kier molecular flexibility index (Phi) is 6.58. The van der Waals surface area contributed by atoms with Crippen LogP contribution in [-0.2, 0) is 13.0 Å².